The van der Waals surface area contributed by atoms with Gasteiger partial charge in [0.25, 0.3) is 0 Å². The minimum Gasteiger partial charge on any atom is -0.480 e. The molecule has 16 heavy (non-hydrogen) atoms. The maximum absolute atomic E-state index is 10.9. The Kier molecular flexibility index (Phi) is 3.85. The fraction of sp³-hybridized carbons (Fsp3) is 0.417. The smallest absolute Gasteiger partial charge is 0.321 e. The van der Waals surface area contributed by atoms with Crippen LogP contribution in [0.5, 0.6) is 0 Å². The van der Waals surface area contributed by atoms with Crippen LogP contribution in [0.25, 0.3) is 0 Å². The van der Waals surface area contributed by atoms with Crippen LogP contribution in [0.1, 0.15) is 5.56 Å². The fourth-order valence-electron chi connectivity index (χ4n) is 1.87. The van der Waals surface area contributed by atoms with Crippen LogP contribution in [0.15, 0.2) is 30.3 Å². The van der Waals surface area contributed by atoms with Crippen molar-refractivity contribution in [3.8, 4) is 0 Å². The lowest BCUT2D eigenvalue weighted by Gasteiger charge is -2.28. The van der Waals surface area contributed by atoms with Crippen LogP contribution in [-0.2, 0) is 11.2 Å². The topological polar surface area (TPSA) is 49.3 Å². The number of carboxylic acids is 1. The third-order valence-corrected chi connectivity index (χ3v) is 3.87. The second-order valence-electron chi connectivity index (χ2n) is 3.98. The van der Waals surface area contributed by atoms with Crippen molar-refractivity contribution in [2.24, 2.45) is 0 Å². The summed E-state index contributed by atoms with van der Waals surface area (Å²) in [7, 11) is 0. The molecule has 1 aromatic rings. The van der Waals surface area contributed by atoms with Gasteiger partial charge in [0.05, 0.1) is 0 Å². The first-order valence-corrected chi connectivity index (χ1v) is 6.51. The summed E-state index contributed by atoms with van der Waals surface area (Å²) in [5.41, 5.74) is 1.26. The SMILES string of the molecule is O=C(O)C1CSCC(Cc2ccccc2)N1. The van der Waals surface area contributed by atoms with Crippen LogP contribution in [-0.4, -0.2) is 34.7 Å². The summed E-state index contributed by atoms with van der Waals surface area (Å²) in [6, 6.07) is 10.1. The van der Waals surface area contributed by atoms with Gasteiger partial charge in [0.15, 0.2) is 0 Å². The van der Waals surface area contributed by atoms with Gasteiger partial charge in [-0.3, -0.25) is 10.1 Å². The number of hydrogen-bond donors (Lipinski definition) is 2. The van der Waals surface area contributed by atoms with Gasteiger partial charge >= 0.3 is 5.97 Å². The average molecular weight is 237 g/mol. The normalized spacial score (nSPS) is 25.2. The summed E-state index contributed by atoms with van der Waals surface area (Å²) >= 11 is 1.72. The van der Waals surface area contributed by atoms with Crippen LogP contribution in [0.2, 0.25) is 0 Å². The summed E-state index contributed by atoms with van der Waals surface area (Å²) in [5.74, 6) is 0.907. The molecule has 1 aliphatic heterocycles. The van der Waals surface area contributed by atoms with E-state index in [9.17, 15) is 4.79 Å². The molecule has 0 radical (unpaired) electrons. The van der Waals surface area contributed by atoms with E-state index >= 15 is 0 Å². The number of carbonyl (C=O) groups is 1. The lowest BCUT2D eigenvalue weighted by molar-refractivity contribution is -0.139. The van der Waals surface area contributed by atoms with Crippen molar-refractivity contribution in [1.29, 1.82) is 0 Å². The Morgan fingerprint density at radius 3 is 2.81 bits per heavy atom. The van der Waals surface area contributed by atoms with Gasteiger partial charge in [0.2, 0.25) is 0 Å². The minimum atomic E-state index is -0.745. The molecule has 1 heterocycles. The van der Waals surface area contributed by atoms with Gasteiger partial charge in [0, 0.05) is 17.5 Å². The van der Waals surface area contributed by atoms with Gasteiger partial charge in [-0.2, -0.15) is 11.8 Å². The first kappa shape index (κ1) is 11.5. The van der Waals surface area contributed by atoms with E-state index < -0.39 is 12.0 Å². The molecule has 2 atom stereocenters. The van der Waals surface area contributed by atoms with Crippen molar-refractivity contribution in [3.05, 3.63) is 35.9 Å². The summed E-state index contributed by atoms with van der Waals surface area (Å²) in [5, 5.41) is 12.1. The van der Waals surface area contributed by atoms with Crippen LogP contribution in [0, 0.1) is 0 Å². The molecule has 0 aromatic heterocycles. The lowest BCUT2D eigenvalue weighted by Crippen LogP contribution is -2.50. The monoisotopic (exact) mass is 237 g/mol. The van der Waals surface area contributed by atoms with E-state index in [1.807, 2.05) is 18.2 Å². The van der Waals surface area contributed by atoms with E-state index in [-0.39, 0.29) is 6.04 Å². The van der Waals surface area contributed by atoms with Crippen molar-refractivity contribution in [2.75, 3.05) is 11.5 Å². The average Bonchev–Trinajstić information content (AvgIpc) is 2.30. The predicted octanol–water partition coefficient (Wildman–Crippen LogP) is 1.39. The highest BCUT2D eigenvalue weighted by Crippen LogP contribution is 2.16. The zero-order chi connectivity index (χ0) is 11.4. The van der Waals surface area contributed by atoms with E-state index in [0.29, 0.717) is 5.75 Å². The number of nitrogens with one attached hydrogen (secondary N) is 1. The molecule has 0 amide bonds. The Hall–Kier alpha value is -1.00. The highest BCUT2D eigenvalue weighted by Gasteiger charge is 2.26. The Labute approximate surface area is 99.2 Å². The lowest BCUT2D eigenvalue weighted by atomic mass is 10.1. The van der Waals surface area contributed by atoms with Crippen molar-refractivity contribution in [2.45, 2.75) is 18.5 Å². The summed E-state index contributed by atoms with van der Waals surface area (Å²) in [6.07, 6.45) is 0.900. The molecule has 2 N–H and O–H groups in total. The summed E-state index contributed by atoms with van der Waals surface area (Å²) in [4.78, 5) is 10.9. The van der Waals surface area contributed by atoms with Gasteiger partial charge in [0.1, 0.15) is 6.04 Å². The quantitative estimate of drug-likeness (QED) is 0.834. The zero-order valence-electron chi connectivity index (χ0n) is 8.93. The molecule has 1 aromatic carbocycles. The minimum absolute atomic E-state index is 0.266. The predicted molar refractivity (Wildman–Crippen MR) is 65.8 cm³/mol. The Balaban J connectivity index is 1.93. The molecule has 1 aliphatic rings. The first-order valence-electron chi connectivity index (χ1n) is 5.36. The molecule has 3 nitrogen and oxygen atoms in total. The molecular formula is C12H15NO2S. The van der Waals surface area contributed by atoms with Crippen molar-refractivity contribution < 1.29 is 9.90 Å². The number of carboxylic acid groups (broad SMARTS) is 1. The molecule has 0 aliphatic carbocycles. The van der Waals surface area contributed by atoms with Crippen LogP contribution in [0.4, 0.5) is 0 Å². The maximum Gasteiger partial charge on any atom is 0.321 e. The van der Waals surface area contributed by atoms with Gasteiger partial charge in [-0.1, -0.05) is 30.3 Å². The van der Waals surface area contributed by atoms with Crippen LogP contribution < -0.4 is 5.32 Å². The van der Waals surface area contributed by atoms with Crippen molar-refractivity contribution in [1.82, 2.24) is 5.32 Å². The second kappa shape index (κ2) is 5.37. The standard InChI is InChI=1S/C12H15NO2S/c14-12(15)11-8-16-7-10(13-11)6-9-4-2-1-3-5-9/h1-5,10-11,13H,6-8H2,(H,14,15). The molecule has 1 saturated heterocycles. The van der Waals surface area contributed by atoms with E-state index in [4.69, 9.17) is 5.11 Å². The first-order chi connectivity index (χ1) is 7.75. The highest BCUT2D eigenvalue weighted by molar-refractivity contribution is 7.99. The van der Waals surface area contributed by atoms with Gasteiger partial charge < -0.3 is 5.11 Å². The highest BCUT2D eigenvalue weighted by atomic mass is 32.2. The van der Waals surface area contributed by atoms with E-state index in [1.54, 1.807) is 11.8 Å². The molecule has 1 fully saturated rings. The molecule has 4 heteroatoms. The molecular weight excluding hydrogens is 222 g/mol. The number of aliphatic carboxylic acids is 1. The van der Waals surface area contributed by atoms with Gasteiger partial charge in [-0.15, -0.1) is 0 Å². The largest absolute Gasteiger partial charge is 0.480 e. The van der Waals surface area contributed by atoms with Gasteiger partial charge in [-0.05, 0) is 12.0 Å². The van der Waals surface area contributed by atoms with E-state index in [2.05, 4.69) is 17.4 Å². The van der Waals surface area contributed by atoms with Gasteiger partial charge in [-0.25, -0.2) is 0 Å². The van der Waals surface area contributed by atoms with Crippen LogP contribution in [0.3, 0.4) is 0 Å². The van der Waals surface area contributed by atoms with Crippen LogP contribution >= 0.6 is 11.8 Å². The third kappa shape index (κ3) is 3.00. The second-order valence-corrected chi connectivity index (χ2v) is 5.06. The Morgan fingerprint density at radius 2 is 2.12 bits per heavy atom. The summed E-state index contributed by atoms with van der Waals surface area (Å²) in [6.45, 7) is 0. The third-order valence-electron chi connectivity index (χ3n) is 2.66. The summed E-state index contributed by atoms with van der Waals surface area (Å²) < 4.78 is 0. The zero-order valence-corrected chi connectivity index (χ0v) is 9.74. The number of rotatable bonds is 3. The Morgan fingerprint density at radius 1 is 1.38 bits per heavy atom. The number of thioether (sulfide) groups is 1. The molecule has 2 unspecified atom stereocenters. The van der Waals surface area contributed by atoms with Crippen molar-refractivity contribution >= 4 is 17.7 Å². The number of hydrogen-bond acceptors (Lipinski definition) is 3. The number of benzene rings is 1. The molecule has 0 saturated carbocycles. The fourth-order valence-corrected chi connectivity index (χ4v) is 2.98. The van der Waals surface area contributed by atoms with E-state index in [1.165, 1.54) is 5.56 Å². The Bertz CT molecular complexity index is 355. The van der Waals surface area contributed by atoms with E-state index in [0.717, 1.165) is 12.2 Å². The molecule has 86 valence electrons. The maximum atomic E-state index is 10.9. The van der Waals surface area contributed by atoms with Crippen molar-refractivity contribution in [3.63, 3.8) is 0 Å². The molecule has 2 rings (SSSR count). The molecule has 0 spiro atoms. The molecule has 0 bridgehead atoms.